The van der Waals surface area contributed by atoms with E-state index in [-0.39, 0.29) is 0 Å². The van der Waals surface area contributed by atoms with Gasteiger partial charge in [-0.3, -0.25) is 9.80 Å². The van der Waals surface area contributed by atoms with E-state index < -0.39 is 0 Å². The molecule has 1 saturated heterocycles. The van der Waals surface area contributed by atoms with Crippen LogP contribution < -0.4 is 5.32 Å². The lowest BCUT2D eigenvalue weighted by molar-refractivity contribution is 0.0310. The Labute approximate surface area is 126 Å². The normalized spacial score (nSPS) is 31.2. The van der Waals surface area contributed by atoms with E-state index >= 15 is 0 Å². The molecule has 0 aromatic heterocycles. The maximum atomic E-state index is 3.76. The summed E-state index contributed by atoms with van der Waals surface area (Å²) in [6.45, 7) is 15.4. The lowest BCUT2D eigenvalue weighted by Crippen LogP contribution is -2.59. The highest BCUT2D eigenvalue weighted by Gasteiger charge is 2.32. The summed E-state index contributed by atoms with van der Waals surface area (Å²) in [5.74, 6) is 0. The topological polar surface area (TPSA) is 18.5 Å². The van der Waals surface area contributed by atoms with Gasteiger partial charge in [-0.2, -0.15) is 0 Å². The number of hydrogen-bond acceptors (Lipinski definition) is 3. The maximum Gasteiger partial charge on any atom is 0.0250 e. The van der Waals surface area contributed by atoms with Crippen LogP contribution in [0.4, 0.5) is 0 Å². The Morgan fingerprint density at radius 2 is 1.60 bits per heavy atom. The Kier molecular flexibility index (Phi) is 5.88. The van der Waals surface area contributed by atoms with Crippen LogP contribution in [0.25, 0.3) is 0 Å². The van der Waals surface area contributed by atoms with Gasteiger partial charge in [-0.25, -0.2) is 0 Å². The summed E-state index contributed by atoms with van der Waals surface area (Å²) >= 11 is 0. The van der Waals surface area contributed by atoms with Crippen LogP contribution in [0.5, 0.6) is 0 Å². The molecule has 1 saturated carbocycles. The SMILES string of the molecule is CCNC1CCCCCC1N1CCN(C(C)(C)C)CC1. The molecule has 0 aromatic rings. The first kappa shape index (κ1) is 16.3. The molecule has 2 aliphatic rings. The molecule has 2 unspecified atom stereocenters. The summed E-state index contributed by atoms with van der Waals surface area (Å²) in [4.78, 5) is 5.42. The Hall–Kier alpha value is -0.120. The fourth-order valence-corrected chi connectivity index (χ4v) is 3.95. The molecule has 0 spiro atoms. The molecule has 0 radical (unpaired) electrons. The van der Waals surface area contributed by atoms with Gasteiger partial charge in [0.25, 0.3) is 0 Å². The molecular formula is C17H35N3. The molecule has 1 aliphatic carbocycles. The van der Waals surface area contributed by atoms with Gasteiger partial charge in [-0.05, 0) is 40.2 Å². The van der Waals surface area contributed by atoms with Gasteiger partial charge in [0.15, 0.2) is 0 Å². The van der Waals surface area contributed by atoms with Crippen molar-refractivity contribution in [3.8, 4) is 0 Å². The fraction of sp³-hybridized carbons (Fsp3) is 1.00. The van der Waals surface area contributed by atoms with Crippen LogP contribution in [0, 0.1) is 0 Å². The monoisotopic (exact) mass is 281 g/mol. The molecule has 2 rings (SSSR count). The zero-order chi connectivity index (χ0) is 14.6. The predicted molar refractivity (Wildman–Crippen MR) is 87.2 cm³/mol. The second-order valence-electron chi connectivity index (χ2n) is 7.56. The van der Waals surface area contributed by atoms with Gasteiger partial charge in [-0.1, -0.05) is 26.2 Å². The molecule has 0 bridgehead atoms. The van der Waals surface area contributed by atoms with E-state index in [1.165, 1.54) is 58.3 Å². The van der Waals surface area contributed by atoms with Crippen molar-refractivity contribution in [1.29, 1.82) is 0 Å². The van der Waals surface area contributed by atoms with E-state index in [0.717, 1.165) is 18.6 Å². The lowest BCUT2D eigenvalue weighted by Gasteiger charge is -2.46. The van der Waals surface area contributed by atoms with Crippen molar-refractivity contribution in [1.82, 2.24) is 15.1 Å². The second kappa shape index (κ2) is 7.24. The minimum atomic E-state index is 0.330. The van der Waals surface area contributed by atoms with Gasteiger partial charge >= 0.3 is 0 Å². The average Bonchev–Trinajstić information content (AvgIpc) is 2.64. The Bertz CT molecular complexity index is 276. The van der Waals surface area contributed by atoms with Crippen molar-refractivity contribution in [3.05, 3.63) is 0 Å². The second-order valence-corrected chi connectivity index (χ2v) is 7.56. The van der Waals surface area contributed by atoms with Crippen LogP contribution >= 0.6 is 0 Å². The Balaban J connectivity index is 1.92. The van der Waals surface area contributed by atoms with Crippen molar-refractivity contribution < 1.29 is 0 Å². The summed E-state index contributed by atoms with van der Waals surface area (Å²) < 4.78 is 0. The van der Waals surface area contributed by atoms with E-state index in [9.17, 15) is 0 Å². The lowest BCUT2D eigenvalue weighted by atomic mass is 9.99. The number of piperazine rings is 1. The highest BCUT2D eigenvalue weighted by molar-refractivity contribution is 4.90. The van der Waals surface area contributed by atoms with E-state index in [1.807, 2.05) is 0 Å². The third-order valence-electron chi connectivity index (χ3n) is 5.18. The number of hydrogen-bond donors (Lipinski definition) is 1. The first-order valence-electron chi connectivity index (χ1n) is 8.75. The first-order chi connectivity index (χ1) is 9.52. The largest absolute Gasteiger partial charge is 0.313 e. The van der Waals surface area contributed by atoms with Crippen LogP contribution in [0.2, 0.25) is 0 Å². The summed E-state index contributed by atoms with van der Waals surface area (Å²) in [5.41, 5.74) is 0.330. The van der Waals surface area contributed by atoms with Crippen LogP contribution in [-0.4, -0.2) is 60.1 Å². The molecule has 3 nitrogen and oxygen atoms in total. The predicted octanol–water partition coefficient (Wildman–Crippen LogP) is 2.71. The molecule has 1 N–H and O–H groups in total. The van der Waals surface area contributed by atoms with Crippen molar-refractivity contribution in [3.63, 3.8) is 0 Å². The molecule has 1 aliphatic heterocycles. The fourth-order valence-electron chi connectivity index (χ4n) is 3.95. The van der Waals surface area contributed by atoms with Gasteiger partial charge in [-0.15, -0.1) is 0 Å². The first-order valence-corrected chi connectivity index (χ1v) is 8.75. The quantitative estimate of drug-likeness (QED) is 0.803. The number of likely N-dealkylation sites (N-methyl/N-ethyl adjacent to an activating group) is 1. The van der Waals surface area contributed by atoms with Crippen molar-refractivity contribution in [2.75, 3.05) is 32.7 Å². The number of nitrogens with one attached hydrogen (secondary N) is 1. The number of nitrogens with zero attached hydrogens (tertiary/aromatic N) is 2. The van der Waals surface area contributed by atoms with Crippen molar-refractivity contribution >= 4 is 0 Å². The standard InChI is InChI=1S/C17H35N3/c1-5-18-15-9-7-6-8-10-16(15)19-11-13-20(14-12-19)17(2,3)4/h15-16,18H,5-14H2,1-4H3. The van der Waals surface area contributed by atoms with E-state index in [0.29, 0.717) is 5.54 Å². The molecule has 3 heteroatoms. The summed E-state index contributed by atoms with van der Waals surface area (Å²) in [7, 11) is 0. The molecule has 2 fully saturated rings. The Morgan fingerprint density at radius 3 is 2.20 bits per heavy atom. The molecule has 0 amide bonds. The summed E-state index contributed by atoms with van der Waals surface area (Å²) in [6, 6.07) is 1.50. The smallest absolute Gasteiger partial charge is 0.0250 e. The van der Waals surface area contributed by atoms with Crippen molar-refractivity contribution in [2.24, 2.45) is 0 Å². The Morgan fingerprint density at radius 1 is 0.950 bits per heavy atom. The zero-order valence-corrected chi connectivity index (χ0v) is 14.1. The molecule has 0 aromatic carbocycles. The van der Waals surface area contributed by atoms with Gasteiger partial charge in [0, 0.05) is 43.8 Å². The molecule has 1 heterocycles. The zero-order valence-electron chi connectivity index (χ0n) is 14.1. The summed E-state index contributed by atoms with van der Waals surface area (Å²) in [5, 5.41) is 3.76. The van der Waals surface area contributed by atoms with Crippen LogP contribution in [0.15, 0.2) is 0 Å². The summed E-state index contributed by atoms with van der Waals surface area (Å²) in [6.07, 6.45) is 7.04. The maximum absolute atomic E-state index is 3.76. The van der Waals surface area contributed by atoms with Crippen LogP contribution in [0.1, 0.15) is 59.8 Å². The average molecular weight is 281 g/mol. The van der Waals surface area contributed by atoms with E-state index in [2.05, 4.69) is 42.8 Å². The van der Waals surface area contributed by atoms with Crippen molar-refractivity contribution in [2.45, 2.75) is 77.4 Å². The molecular weight excluding hydrogens is 246 g/mol. The third kappa shape index (κ3) is 4.19. The van der Waals surface area contributed by atoms with E-state index in [1.54, 1.807) is 0 Å². The highest BCUT2D eigenvalue weighted by Crippen LogP contribution is 2.25. The van der Waals surface area contributed by atoms with Gasteiger partial charge in [0.2, 0.25) is 0 Å². The molecule has 20 heavy (non-hydrogen) atoms. The molecule has 118 valence electrons. The third-order valence-corrected chi connectivity index (χ3v) is 5.18. The van der Waals surface area contributed by atoms with Crippen LogP contribution in [0.3, 0.4) is 0 Å². The number of rotatable bonds is 3. The van der Waals surface area contributed by atoms with Gasteiger partial charge in [0.1, 0.15) is 0 Å². The van der Waals surface area contributed by atoms with Crippen LogP contribution in [-0.2, 0) is 0 Å². The minimum Gasteiger partial charge on any atom is -0.313 e. The highest BCUT2D eigenvalue weighted by atomic mass is 15.3. The van der Waals surface area contributed by atoms with Gasteiger partial charge in [0.05, 0.1) is 0 Å². The van der Waals surface area contributed by atoms with E-state index in [4.69, 9.17) is 0 Å². The minimum absolute atomic E-state index is 0.330. The molecule has 2 atom stereocenters. The van der Waals surface area contributed by atoms with Gasteiger partial charge < -0.3 is 5.32 Å².